The van der Waals surface area contributed by atoms with Gasteiger partial charge in [-0.3, -0.25) is 4.79 Å². The van der Waals surface area contributed by atoms with Crippen molar-refractivity contribution in [2.24, 2.45) is 0 Å². The molecule has 2 aliphatic rings. The second-order valence-electron chi connectivity index (χ2n) is 6.41. The molecule has 1 amide bonds. The molecule has 0 spiro atoms. The van der Waals surface area contributed by atoms with Crippen molar-refractivity contribution in [2.45, 2.75) is 36.3 Å². The molecule has 7 heteroatoms. The Morgan fingerprint density at radius 3 is 2.58 bits per heavy atom. The van der Waals surface area contributed by atoms with Gasteiger partial charge in [0.2, 0.25) is 0 Å². The minimum absolute atomic E-state index is 0.0296. The Kier molecular flexibility index (Phi) is 5.52. The van der Waals surface area contributed by atoms with Gasteiger partial charge in [0.1, 0.15) is 0 Å². The van der Waals surface area contributed by atoms with Gasteiger partial charge in [-0.2, -0.15) is 11.8 Å². The number of carbonyl (C=O) groups excluding carboxylic acids is 1. The summed E-state index contributed by atoms with van der Waals surface area (Å²) in [6.45, 7) is 1.40. The average molecular weight is 370 g/mol. The molecule has 0 aromatic heterocycles. The molecule has 2 atom stereocenters. The Labute approximate surface area is 147 Å². The third-order valence-corrected chi connectivity index (χ3v) is 6.83. The van der Waals surface area contributed by atoms with Crippen LogP contribution in [0.5, 0.6) is 0 Å². The van der Waals surface area contributed by atoms with Gasteiger partial charge in [0.15, 0.2) is 9.84 Å². The highest BCUT2D eigenvalue weighted by molar-refractivity contribution is 7.99. The fourth-order valence-corrected chi connectivity index (χ4v) is 5.04. The molecule has 132 valence electrons. The molecule has 3 rings (SSSR count). The van der Waals surface area contributed by atoms with Crippen LogP contribution in [0.2, 0.25) is 0 Å². The monoisotopic (exact) mass is 369 g/mol. The van der Waals surface area contributed by atoms with Crippen LogP contribution >= 0.6 is 11.8 Å². The maximum absolute atomic E-state index is 13.0. The van der Waals surface area contributed by atoms with Crippen molar-refractivity contribution in [3.63, 3.8) is 0 Å². The molecule has 0 radical (unpaired) electrons. The SMILES string of the molecule is CS(=O)(=O)c1ccc(C(=O)N(C[C@@H]2CCCO2)[C@@H]2CCSC2)cc1. The van der Waals surface area contributed by atoms with E-state index in [1.807, 2.05) is 16.7 Å². The summed E-state index contributed by atoms with van der Waals surface area (Å²) in [5.41, 5.74) is 0.539. The van der Waals surface area contributed by atoms with Gasteiger partial charge in [0.25, 0.3) is 5.91 Å². The third-order valence-electron chi connectivity index (χ3n) is 4.56. The van der Waals surface area contributed by atoms with Gasteiger partial charge in [0.05, 0.1) is 11.0 Å². The van der Waals surface area contributed by atoms with Gasteiger partial charge in [-0.15, -0.1) is 0 Å². The zero-order chi connectivity index (χ0) is 17.2. The fourth-order valence-electron chi connectivity index (χ4n) is 3.18. The molecule has 2 saturated heterocycles. The normalized spacial score (nSPS) is 24.2. The van der Waals surface area contributed by atoms with E-state index in [2.05, 4.69) is 0 Å². The first-order valence-corrected chi connectivity index (χ1v) is 11.3. The van der Waals surface area contributed by atoms with Crippen molar-refractivity contribution in [1.29, 1.82) is 0 Å². The summed E-state index contributed by atoms with van der Waals surface area (Å²) in [6, 6.07) is 6.49. The second kappa shape index (κ2) is 7.45. The zero-order valence-corrected chi connectivity index (χ0v) is 15.4. The molecule has 5 nitrogen and oxygen atoms in total. The Balaban J connectivity index is 1.79. The number of sulfone groups is 1. The number of rotatable bonds is 5. The highest BCUT2D eigenvalue weighted by Gasteiger charge is 2.31. The minimum atomic E-state index is -3.25. The van der Waals surface area contributed by atoms with Crippen LogP contribution < -0.4 is 0 Å². The number of hydrogen-bond donors (Lipinski definition) is 0. The van der Waals surface area contributed by atoms with E-state index in [9.17, 15) is 13.2 Å². The van der Waals surface area contributed by atoms with E-state index in [4.69, 9.17) is 4.74 Å². The number of amides is 1. The standard InChI is InChI=1S/C17H23NO4S2/c1-24(20,21)16-6-4-13(5-7-16)17(19)18(14-8-10-23-12-14)11-15-3-2-9-22-15/h4-7,14-15H,2-3,8-12H2,1H3/t14-,15+/m1/s1. The van der Waals surface area contributed by atoms with E-state index in [1.165, 1.54) is 18.4 Å². The largest absolute Gasteiger partial charge is 0.376 e. The summed E-state index contributed by atoms with van der Waals surface area (Å²) >= 11 is 1.87. The van der Waals surface area contributed by atoms with Gasteiger partial charge in [-0.1, -0.05) is 0 Å². The number of benzene rings is 1. The molecule has 1 aromatic rings. The van der Waals surface area contributed by atoms with Crippen molar-refractivity contribution in [3.8, 4) is 0 Å². The van der Waals surface area contributed by atoms with Crippen LogP contribution in [0.4, 0.5) is 0 Å². The quantitative estimate of drug-likeness (QED) is 0.796. The van der Waals surface area contributed by atoms with Crippen molar-refractivity contribution in [1.82, 2.24) is 4.90 Å². The highest BCUT2D eigenvalue weighted by atomic mass is 32.2. The van der Waals surface area contributed by atoms with Gasteiger partial charge >= 0.3 is 0 Å². The number of carbonyl (C=O) groups is 1. The summed E-state index contributed by atoms with van der Waals surface area (Å²) < 4.78 is 28.9. The molecule has 0 N–H and O–H groups in total. The maximum Gasteiger partial charge on any atom is 0.254 e. The molecule has 2 heterocycles. The lowest BCUT2D eigenvalue weighted by atomic mass is 10.1. The first-order chi connectivity index (χ1) is 11.4. The first kappa shape index (κ1) is 17.8. The Hall–Kier alpha value is -1.05. The zero-order valence-electron chi connectivity index (χ0n) is 13.8. The van der Waals surface area contributed by atoms with E-state index in [0.717, 1.165) is 37.4 Å². The fraction of sp³-hybridized carbons (Fsp3) is 0.588. The molecule has 0 aliphatic carbocycles. The molecular weight excluding hydrogens is 346 g/mol. The Bertz CT molecular complexity index is 675. The van der Waals surface area contributed by atoms with E-state index < -0.39 is 9.84 Å². The van der Waals surface area contributed by atoms with E-state index in [-0.39, 0.29) is 22.9 Å². The molecular formula is C17H23NO4S2. The summed E-state index contributed by atoms with van der Waals surface area (Å²) in [5, 5.41) is 0. The number of thioether (sulfide) groups is 1. The molecule has 0 bridgehead atoms. The van der Waals surface area contributed by atoms with Gasteiger partial charge in [0, 0.05) is 36.8 Å². The van der Waals surface area contributed by atoms with Crippen LogP contribution in [0.3, 0.4) is 0 Å². The van der Waals surface area contributed by atoms with Crippen molar-refractivity contribution in [3.05, 3.63) is 29.8 Å². The molecule has 1 aromatic carbocycles. The first-order valence-electron chi connectivity index (χ1n) is 8.25. The van der Waals surface area contributed by atoms with E-state index in [1.54, 1.807) is 12.1 Å². The predicted octanol–water partition coefficient (Wildman–Crippen LogP) is 2.22. The predicted molar refractivity (Wildman–Crippen MR) is 95.3 cm³/mol. The van der Waals surface area contributed by atoms with Gasteiger partial charge < -0.3 is 9.64 Å². The third kappa shape index (κ3) is 4.13. The van der Waals surface area contributed by atoms with Gasteiger partial charge in [-0.25, -0.2) is 8.42 Å². The van der Waals surface area contributed by atoms with Crippen LogP contribution in [0.1, 0.15) is 29.6 Å². The smallest absolute Gasteiger partial charge is 0.254 e. The number of nitrogens with zero attached hydrogens (tertiary/aromatic N) is 1. The summed E-state index contributed by atoms with van der Waals surface area (Å²) in [5.74, 6) is 2.01. The van der Waals surface area contributed by atoms with E-state index in [0.29, 0.717) is 12.1 Å². The van der Waals surface area contributed by atoms with Crippen LogP contribution in [0.15, 0.2) is 29.2 Å². The topological polar surface area (TPSA) is 63.7 Å². The number of hydrogen-bond acceptors (Lipinski definition) is 5. The van der Waals surface area contributed by atoms with Crippen LogP contribution in [-0.2, 0) is 14.6 Å². The molecule has 24 heavy (non-hydrogen) atoms. The van der Waals surface area contributed by atoms with Gasteiger partial charge in [-0.05, 0) is 49.3 Å². The van der Waals surface area contributed by atoms with Crippen LogP contribution in [0, 0.1) is 0 Å². The summed E-state index contributed by atoms with van der Waals surface area (Å²) in [7, 11) is -3.25. The lowest BCUT2D eigenvalue weighted by Crippen LogP contribution is -2.44. The second-order valence-corrected chi connectivity index (χ2v) is 9.57. The maximum atomic E-state index is 13.0. The lowest BCUT2D eigenvalue weighted by molar-refractivity contribution is 0.0441. The Morgan fingerprint density at radius 2 is 2.04 bits per heavy atom. The molecule has 2 aliphatic heterocycles. The number of ether oxygens (including phenoxy) is 1. The molecule has 0 saturated carbocycles. The van der Waals surface area contributed by atoms with Crippen molar-refractivity contribution >= 4 is 27.5 Å². The lowest BCUT2D eigenvalue weighted by Gasteiger charge is -2.31. The molecule has 2 fully saturated rings. The Morgan fingerprint density at radius 1 is 1.29 bits per heavy atom. The summed E-state index contributed by atoms with van der Waals surface area (Å²) in [6.07, 6.45) is 4.34. The van der Waals surface area contributed by atoms with Crippen molar-refractivity contribution in [2.75, 3.05) is 30.9 Å². The van der Waals surface area contributed by atoms with Crippen molar-refractivity contribution < 1.29 is 17.9 Å². The van der Waals surface area contributed by atoms with Crippen LogP contribution in [-0.4, -0.2) is 62.3 Å². The average Bonchev–Trinajstić information content (AvgIpc) is 3.24. The molecule has 0 unspecified atom stereocenters. The summed E-state index contributed by atoms with van der Waals surface area (Å²) in [4.78, 5) is 15.2. The highest BCUT2D eigenvalue weighted by Crippen LogP contribution is 2.26. The van der Waals surface area contributed by atoms with E-state index >= 15 is 0 Å². The van der Waals surface area contributed by atoms with Crippen LogP contribution in [0.25, 0.3) is 0 Å². The minimum Gasteiger partial charge on any atom is -0.376 e.